The van der Waals surface area contributed by atoms with Crippen molar-refractivity contribution in [3.8, 4) is 5.75 Å². The first kappa shape index (κ1) is 20.2. The van der Waals surface area contributed by atoms with Gasteiger partial charge in [0.2, 0.25) is 0 Å². The molecule has 0 fully saturated rings. The molecule has 0 unspecified atom stereocenters. The fraction of sp³-hybridized carbons (Fsp3) is 0.188. The first-order chi connectivity index (χ1) is 12.8. The van der Waals surface area contributed by atoms with Gasteiger partial charge in [-0.3, -0.25) is 25.2 Å². The second kappa shape index (κ2) is 9.03. The highest BCUT2D eigenvalue weighted by Crippen LogP contribution is 2.31. The largest absolute Gasteiger partial charge is 0.484 e. The number of rotatable bonds is 6. The van der Waals surface area contributed by atoms with Crippen molar-refractivity contribution < 1.29 is 32.3 Å². The van der Waals surface area contributed by atoms with Crippen molar-refractivity contribution in [3.63, 3.8) is 0 Å². The number of benzene rings is 1. The smallest absolute Gasteiger partial charge is 0.416 e. The maximum absolute atomic E-state index is 12.6. The molecule has 0 aliphatic rings. The summed E-state index contributed by atoms with van der Waals surface area (Å²) in [6.45, 7) is -0.978. The molecule has 0 spiro atoms. The molecule has 2 aromatic rings. The van der Waals surface area contributed by atoms with Gasteiger partial charge in [-0.2, -0.15) is 13.2 Å². The van der Waals surface area contributed by atoms with E-state index in [9.17, 15) is 27.6 Å². The number of thiophene rings is 1. The molecule has 27 heavy (non-hydrogen) atoms. The van der Waals surface area contributed by atoms with Gasteiger partial charge in [0.15, 0.2) is 6.61 Å². The maximum Gasteiger partial charge on any atom is 0.416 e. The quantitative estimate of drug-likeness (QED) is 0.643. The molecule has 0 saturated carbocycles. The lowest BCUT2D eigenvalue weighted by Gasteiger charge is -2.11. The molecule has 0 saturated heterocycles. The maximum atomic E-state index is 12.6. The van der Waals surface area contributed by atoms with E-state index in [-0.39, 0.29) is 12.3 Å². The molecule has 1 aromatic carbocycles. The van der Waals surface area contributed by atoms with Crippen molar-refractivity contribution in [2.24, 2.45) is 0 Å². The van der Waals surface area contributed by atoms with E-state index in [1.54, 1.807) is 17.5 Å². The predicted molar refractivity (Wildman–Crippen MR) is 89.9 cm³/mol. The molecule has 3 amide bonds. The summed E-state index contributed by atoms with van der Waals surface area (Å²) in [5.74, 6) is -2.05. The molecular weight excluding hydrogens is 387 g/mol. The van der Waals surface area contributed by atoms with Crippen LogP contribution in [0.3, 0.4) is 0 Å². The topological polar surface area (TPSA) is 96.5 Å². The Hall–Kier alpha value is -3.08. The number of carbonyl (C=O) groups is 3. The van der Waals surface area contributed by atoms with Crippen LogP contribution in [0.2, 0.25) is 0 Å². The van der Waals surface area contributed by atoms with Crippen LogP contribution in [0.25, 0.3) is 0 Å². The molecule has 2 rings (SSSR count). The molecule has 0 bridgehead atoms. The molecule has 0 radical (unpaired) electrons. The summed E-state index contributed by atoms with van der Waals surface area (Å²) < 4.78 is 42.7. The summed E-state index contributed by atoms with van der Waals surface area (Å²) >= 11 is 1.21. The summed E-state index contributed by atoms with van der Waals surface area (Å²) in [5, 5.41) is 4.07. The van der Waals surface area contributed by atoms with Crippen LogP contribution >= 0.6 is 11.3 Å². The van der Waals surface area contributed by atoms with Crippen molar-refractivity contribution in [2.75, 3.05) is 13.2 Å². The van der Waals surface area contributed by atoms with Crippen LogP contribution in [-0.2, 0) is 15.8 Å². The second-order valence-corrected chi connectivity index (χ2v) is 6.02. The minimum atomic E-state index is -4.52. The lowest BCUT2D eigenvalue weighted by molar-refractivity contribution is -0.137. The van der Waals surface area contributed by atoms with Crippen molar-refractivity contribution >= 4 is 29.1 Å². The SMILES string of the molecule is O=C(CNC(=O)c1cccs1)NNC(=O)COc1cccc(C(F)(F)F)c1. The number of ether oxygens (including phenoxy) is 1. The second-order valence-electron chi connectivity index (χ2n) is 5.07. The van der Waals surface area contributed by atoms with Gasteiger partial charge in [0.25, 0.3) is 17.7 Å². The van der Waals surface area contributed by atoms with Crippen molar-refractivity contribution in [3.05, 3.63) is 52.2 Å². The van der Waals surface area contributed by atoms with Crippen LogP contribution in [-0.4, -0.2) is 30.9 Å². The highest BCUT2D eigenvalue weighted by molar-refractivity contribution is 7.12. The van der Waals surface area contributed by atoms with Crippen molar-refractivity contribution in [2.45, 2.75) is 6.18 Å². The summed E-state index contributed by atoms with van der Waals surface area (Å²) in [7, 11) is 0. The molecule has 11 heteroatoms. The van der Waals surface area contributed by atoms with Gasteiger partial charge in [-0.15, -0.1) is 11.3 Å². The van der Waals surface area contributed by atoms with Crippen LogP contribution in [0.15, 0.2) is 41.8 Å². The van der Waals surface area contributed by atoms with E-state index in [1.165, 1.54) is 17.4 Å². The molecule has 3 N–H and O–H groups in total. The molecule has 144 valence electrons. The normalized spacial score (nSPS) is 10.8. The standard InChI is InChI=1S/C16H14F3N3O4S/c17-16(18,19)10-3-1-4-11(7-10)26-9-14(24)22-21-13(23)8-20-15(25)12-5-2-6-27-12/h1-7H,8-9H2,(H,20,25)(H,21,23)(H,22,24). The van der Waals surface area contributed by atoms with Crippen molar-refractivity contribution in [1.82, 2.24) is 16.2 Å². The molecule has 0 atom stereocenters. The van der Waals surface area contributed by atoms with Crippen molar-refractivity contribution in [1.29, 1.82) is 0 Å². The van der Waals surface area contributed by atoms with E-state index in [0.29, 0.717) is 4.88 Å². The lowest BCUT2D eigenvalue weighted by Crippen LogP contribution is -2.47. The summed E-state index contributed by atoms with van der Waals surface area (Å²) in [6.07, 6.45) is -4.52. The van der Waals surface area contributed by atoms with E-state index in [1.807, 2.05) is 10.9 Å². The Labute approximate surface area is 155 Å². The zero-order valence-corrected chi connectivity index (χ0v) is 14.4. The monoisotopic (exact) mass is 401 g/mol. The minimum Gasteiger partial charge on any atom is -0.484 e. The Bertz CT molecular complexity index is 809. The number of hydrogen-bond acceptors (Lipinski definition) is 5. The van der Waals surface area contributed by atoms with Crippen LogP contribution in [0.5, 0.6) is 5.75 Å². The number of hydrogen-bond donors (Lipinski definition) is 3. The van der Waals surface area contributed by atoms with Gasteiger partial charge in [0.1, 0.15) is 5.75 Å². The number of amides is 3. The Kier molecular flexibility index (Phi) is 6.77. The highest BCUT2D eigenvalue weighted by Gasteiger charge is 2.30. The molecule has 0 aliphatic heterocycles. The average Bonchev–Trinajstić information content (AvgIpc) is 3.17. The van der Waals surface area contributed by atoms with E-state index in [0.717, 1.165) is 18.2 Å². The summed E-state index contributed by atoms with van der Waals surface area (Å²) in [4.78, 5) is 35.2. The zero-order chi connectivity index (χ0) is 19.9. The van der Waals surface area contributed by atoms with E-state index in [2.05, 4.69) is 5.32 Å². The number of halogens is 3. The molecule has 0 aliphatic carbocycles. The summed E-state index contributed by atoms with van der Waals surface area (Å²) in [5.41, 5.74) is 3.16. The number of nitrogens with one attached hydrogen (secondary N) is 3. The Morgan fingerprint density at radius 1 is 1.04 bits per heavy atom. The number of carbonyl (C=O) groups excluding carboxylic acids is 3. The van der Waals surface area contributed by atoms with Crippen LogP contribution in [0, 0.1) is 0 Å². The van der Waals surface area contributed by atoms with Gasteiger partial charge in [-0.1, -0.05) is 12.1 Å². The fourth-order valence-electron chi connectivity index (χ4n) is 1.79. The van der Waals surface area contributed by atoms with E-state index >= 15 is 0 Å². The minimum absolute atomic E-state index is 0.144. The Balaban J connectivity index is 1.70. The third-order valence-corrected chi connectivity index (χ3v) is 3.90. The molecule has 1 aromatic heterocycles. The highest BCUT2D eigenvalue weighted by atomic mass is 32.1. The van der Waals surface area contributed by atoms with Gasteiger partial charge >= 0.3 is 6.18 Å². The number of hydrazine groups is 1. The van der Waals surface area contributed by atoms with Gasteiger partial charge < -0.3 is 10.1 Å². The molecule has 1 heterocycles. The van der Waals surface area contributed by atoms with Gasteiger partial charge in [0.05, 0.1) is 17.0 Å². The first-order valence-electron chi connectivity index (χ1n) is 7.45. The van der Waals surface area contributed by atoms with E-state index < -0.39 is 36.1 Å². The fourth-order valence-corrected chi connectivity index (χ4v) is 2.43. The third-order valence-electron chi connectivity index (χ3n) is 3.03. The van der Waals surface area contributed by atoms with E-state index in [4.69, 9.17) is 4.74 Å². The van der Waals surface area contributed by atoms with Crippen LogP contribution in [0.4, 0.5) is 13.2 Å². The first-order valence-corrected chi connectivity index (χ1v) is 8.33. The third kappa shape index (κ3) is 6.62. The molecular formula is C16H14F3N3O4S. The van der Waals surface area contributed by atoms with Crippen LogP contribution < -0.4 is 20.9 Å². The molecule has 7 nitrogen and oxygen atoms in total. The van der Waals surface area contributed by atoms with Gasteiger partial charge in [-0.25, -0.2) is 0 Å². The van der Waals surface area contributed by atoms with Gasteiger partial charge in [0, 0.05) is 0 Å². The Morgan fingerprint density at radius 3 is 2.44 bits per heavy atom. The average molecular weight is 401 g/mol. The zero-order valence-electron chi connectivity index (χ0n) is 13.6. The van der Waals surface area contributed by atoms with Crippen LogP contribution in [0.1, 0.15) is 15.2 Å². The number of alkyl halides is 3. The lowest BCUT2D eigenvalue weighted by atomic mass is 10.2. The summed E-state index contributed by atoms with van der Waals surface area (Å²) in [6, 6.07) is 7.31. The predicted octanol–water partition coefficient (Wildman–Crippen LogP) is 1.72. The van der Waals surface area contributed by atoms with Gasteiger partial charge in [-0.05, 0) is 29.6 Å². The Morgan fingerprint density at radius 2 is 1.78 bits per heavy atom.